The molecule has 2 bridgehead atoms. The molecule has 0 aliphatic carbocycles. The van der Waals surface area contributed by atoms with Gasteiger partial charge in [0, 0.05) is 12.6 Å². The number of piperidine rings is 3. The average Bonchev–Trinajstić information content (AvgIpc) is 2.35. The number of benzene rings is 1. The van der Waals surface area contributed by atoms with Crippen LogP contribution in [0.4, 0.5) is 8.78 Å². The van der Waals surface area contributed by atoms with Crippen molar-refractivity contribution in [3.05, 3.63) is 29.8 Å². The molecular weight excluding hydrogens is 224 g/mol. The number of hydrogen-bond acceptors (Lipinski definition) is 2. The van der Waals surface area contributed by atoms with Crippen LogP contribution in [0.25, 0.3) is 0 Å². The molecule has 4 heteroatoms. The number of rotatable bonds is 2. The topological polar surface area (TPSA) is 12.5 Å². The Morgan fingerprint density at radius 2 is 1.88 bits per heavy atom. The molecule has 3 saturated heterocycles. The van der Waals surface area contributed by atoms with Gasteiger partial charge in [-0.2, -0.15) is 0 Å². The predicted molar refractivity (Wildman–Crippen MR) is 59.9 cm³/mol. The summed E-state index contributed by atoms with van der Waals surface area (Å²) >= 11 is 0. The highest BCUT2D eigenvalue weighted by Crippen LogP contribution is 2.30. The molecule has 0 saturated carbocycles. The van der Waals surface area contributed by atoms with Gasteiger partial charge in [-0.05, 0) is 44.0 Å². The lowest BCUT2D eigenvalue weighted by Crippen LogP contribution is -2.52. The summed E-state index contributed by atoms with van der Waals surface area (Å²) in [6.07, 6.45) is 2.42. The minimum atomic E-state index is -0.844. The van der Waals surface area contributed by atoms with Gasteiger partial charge in [0.15, 0.2) is 11.6 Å². The van der Waals surface area contributed by atoms with Crippen molar-refractivity contribution < 1.29 is 13.5 Å². The SMILES string of the molecule is Fc1ccc(OC2CN3CCC2CC3)cc1F. The summed E-state index contributed by atoms with van der Waals surface area (Å²) in [6.45, 7) is 3.19. The third-order valence-corrected chi connectivity index (χ3v) is 3.77. The van der Waals surface area contributed by atoms with Crippen LogP contribution >= 0.6 is 0 Å². The molecule has 0 N–H and O–H groups in total. The van der Waals surface area contributed by atoms with Gasteiger partial charge in [-0.15, -0.1) is 0 Å². The Hall–Kier alpha value is -1.16. The second kappa shape index (κ2) is 4.26. The van der Waals surface area contributed by atoms with Crippen molar-refractivity contribution in [2.24, 2.45) is 5.92 Å². The maximum atomic E-state index is 13.1. The lowest BCUT2D eigenvalue weighted by Gasteiger charge is -2.44. The predicted octanol–water partition coefficient (Wildman–Crippen LogP) is 2.44. The summed E-state index contributed by atoms with van der Waals surface area (Å²) in [7, 11) is 0. The zero-order valence-electron chi connectivity index (χ0n) is 9.53. The number of halogens is 2. The van der Waals surface area contributed by atoms with Crippen molar-refractivity contribution in [2.45, 2.75) is 18.9 Å². The fourth-order valence-electron chi connectivity index (χ4n) is 2.77. The second-order valence-electron chi connectivity index (χ2n) is 4.87. The smallest absolute Gasteiger partial charge is 0.162 e. The van der Waals surface area contributed by atoms with Gasteiger partial charge in [0.25, 0.3) is 0 Å². The first-order valence-electron chi connectivity index (χ1n) is 6.06. The van der Waals surface area contributed by atoms with Crippen LogP contribution in [0, 0.1) is 17.6 Å². The molecule has 3 fully saturated rings. The van der Waals surface area contributed by atoms with Crippen LogP contribution in [0.1, 0.15) is 12.8 Å². The molecule has 92 valence electrons. The van der Waals surface area contributed by atoms with Gasteiger partial charge in [0.05, 0.1) is 0 Å². The van der Waals surface area contributed by atoms with Crippen LogP contribution in [-0.4, -0.2) is 30.6 Å². The van der Waals surface area contributed by atoms with Crippen LogP contribution in [0.3, 0.4) is 0 Å². The Labute approximate surface area is 99.2 Å². The van der Waals surface area contributed by atoms with Gasteiger partial charge in [0.2, 0.25) is 0 Å². The molecular formula is C13H15F2NO. The van der Waals surface area contributed by atoms with E-state index in [4.69, 9.17) is 4.74 Å². The standard InChI is InChI=1S/C13H15F2NO/c14-11-2-1-10(7-12(11)15)17-13-8-16-5-3-9(13)4-6-16/h1-2,7,9,13H,3-6,8H2. The van der Waals surface area contributed by atoms with Crippen molar-refractivity contribution in [1.29, 1.82) is 0 Å². The van der Waals surface area contributed by atoms with Crippen molar-refractivity contribution in [1.82, 2.24) is 4.90 Å². The first kappa shape index (κ1) is 11.0. The minimum absolute atomic E-state index is 0.127. The highest BCUT2D eigenvalue weighted by atomic mass is 19.2. The lowest BCUT2D eigenvalue weighted by molar-refractivity contribution is -0.00793. The molecule has 4 rings (SSSR count). The Balaban J connectivity index is 1.72. The third kappa shape index (κ3) is 2.14. The van der Waals surface area contributed by atoms with Crippen LogP contribution in [0.15, 0.2) is 18.2 Å². The van der Waals surface area contributed by atoms with E-state index in [2.05, 4.69) is 4.90 Å². The molecule has 17 heavy (non-hydrogen) atoms. The maximum Gasteiger partial charge on any atom is 0.162 e. The van der Waals surface area contributed by atoms with E-state index in [1.165, 1.54) is 6.07 Å². The van der Waals surface area contributed by atoms with Crippen LogP contribution in [0.2, 0.25) is 0 Å². The number of fused-ring (bicyclic) bond motifs is 3. The molecule has 0 amide bonds. The van der Waals surface area contributed by atoms with E-state index < -0.39 is 11.6 Å². The molecule has 1 aromatic carbocycles. The largest absolute Gasteiger partial charge is 0.489 e. The third-order valence-electron chi connectivity index (χ3n) is 3.77. The molecule has 3 aliphatic rings. The van der Waals surface area contributed by atoms with E-state index in [0.29, 0.717) is 11.7 Å². The zero-order chi connectivity index (χ0) is 11.8. The average molecular weight is 239 g/mol. The van der Waals surface area contributed by atoms with E-state index in [9.17, 15) is 8.78 Å². The Bertz CT molecular complexity index is 416. The first-order valence-corrected chi connectivity index (χ1v) is 6.06. The molecule has 0 spiro atoms. The Kier molecular flexibility index (Phi) is 2.74. The van der Waals surface area contributed by atoms with E-state index in [-0.39, 0.29) is 6.10 Å². The van der Waals surface area contributed by atoms with E-state index in [0.717, 1.165) is 44.6 Å². The highest BCUT2D eigenvalue weighted by Gasteiger charge is 2.35. The molecule has 1 unspecified atom stereocenters. The summed E-state index contributed by atoms with van der Waals surface area (Å²) in [5.74, 6) is -0.675. The fourth-order valence-corrected chi connectivity index (χ4v) is 2.77. The van der Waals surface area contributed by atoms with Gasteiger partial charge >= 0.3 is 0 Å². The lowest BCUT2D eigenvalue weighted by atomic mass is 9.86. The summed E-state index contributed by atoms with van der Waals surface area (Å²) in [6, 6.07) is 3.75. The van der Waals surface area contributed by atoms with Crippen molar-refractivity contribution in [2.75, 3.05) is 19.6 Å². The van der Waals surface area contributed by atoms with Crippen LogP contribution in [0.5, 0.6) is 5.75 Å². The van der Waals surface area contributed by atoms with Gasteiger partial charge in [-0.3, -0.25) is 4.90 Å². The normalized spacial score (nSPS) is 31.5. The number of ether oxygens (including phenoxy) is 1. The van der Waals surface area contributed by atoms with Crippen molar-refractivity contribution >= 4 is 0 Å². The molecule has 1 aromatic rings. The first-order chi connectivity index (χ1) is 8.22. The van der Waals surface area contributed by atoms with E-state index in [1.54, 1.807) is 0 Å². The van der Waals surface area contributed by atoms with Gasteiger partial charge < -0.3 is 4.74 Å². The van der Waals surface area contributed by atoms with Crippen molar-refractivity contribution in [3.63, 3.8) is 0 Å². The summed E-state index contributed by atoms with van der Waals surface area (Å²) in [5, 5.41) is 0. The fraction of sp³-hybridized carbons (Fsp3) is 0.538. The van der Waals surface area contributed by atoms with Crippen LogP contribution in [-0.2, 0) is 0 Å². The quantitative estimate of drug-likeness (QED) is 0.786. The molecule has 3 heterocycles. The summed E-state index contributed by atoms with van der Waals surface area (Å²) in [4.78, 5) is 2.37. The van der Waals surface area contributed by atoms with Gasteiger partial charge in [0.1, 0.15) is 11.9 Å². The molecule has 3 aliphatic heterocycles. The number of nitrogens with zero attached hydrogens (tertiary/aromatic N) is 1. The summed E-state index contributed by atoms with van der Waals surface area (Å²) in [5.41, 5.74) is 0. The zero-order valence-corrected chi connectivity index (χ0v) is 9.53. The minimum Gasteiger partial charge on any atom is -0.489 e. The van der Waals surface area contributed by atoms with Gasteiger partial charge in [-0.1, -0.05) is 0 Å². The second-order valence-corrected chi connectivity index (χ2v) is 4.87. The molecule has 2 nitrogen and oxygen atoms in total. The molecule has 0 radical (unpaired) electrons. The Morgan fingerprint density at radius 3 is 2.47 bits per heavy atom. The number of hydrogen-bond donors (Lipinski definition) is 0. The molecule has 0 aromatic heterocycles. The van der Waals surface area contributed by atoms with Crippen LogP contribution < -0.4 is 4.74 Å². The summed E-state index contributed by atoms with van der Waals surface area (Å²) < 4.78 is 31.6. The van der Waals surface area contributed by atoms with E-state index in [1.807, 2.05) is 0 Å². The maximum absolute atomic E-state index is 13.1. The highest BCUT2D eigenvalue weighted by molar-refractivity contribution is 5.24. The van der Waals surface area contributed by atoms with Crippen molar-refractivity contribution in [3.8, 4) is 5.75 Å². The monoisotopic (exact) mass is 239 g/mol. The van der Waals surface area contributed by atoms with E-state index >= 15 is 0 Å². The van der Waals surface area contributed by atoms with Gasteiger partial charge in [-0.25, -0.2) is 8.78 Å². The Morgan fingerprint density at radius 1 is 1.12 bits per heavy atom. The molecule has 1 atom stereocenters.